The van der Waals surface area contributed by atoms with Crippen molar-refractivity contribution >= 4 is 0 Å². The van der Waals surface area contributed by atoms with E-state index in [2.05, 4.69) is 0 Å². The van der Waals surface area contributed by atoms with Crippen molar-refractivity contribution < 1.29 is 0 Å². The summed E-state index contributed by atoms with van der Waals surface area (Å²) in [5.41, 5.74) is 0.994. The van der Waals surface area contributed by atoms with Crippen LogP contribution in [-0.2, 0) is 0 Å². The van der Waals surface area contributed by atoms with Crippen molar-refractivity contribution in [1.29, 1.82) is 0 Å². The average Bonchev–Trinajstić information content (AvgIpc) is 2.10. The Morgan fingerprint density at radius 1 is 1.10 bits per heavy atom. The van der Waals surface area contributed by atoms with E-state index < -0.39 is 0 Å². The Morgan fingerprint density at radius 2 is 2.00 bits per heavy atom. The standard InChI is InChI=1S/C10H14/c1-3-10-4-2-8(10)7-5-6(1)9(7)10/h6-9H,1-5H2. The summed E-state index contributed by atoms with van der Waals surface area (Å²) in [5, 5.41) is 0. The summed E-state index contributed by atoms with van der Waals surface area (Å²) in [6, 6.07) is 0. The molecule has 0 heterocycles. The molecule has 0 bridgehead atoms. The van der Waals surface area contributed by atoms with Crippen molar-refractivity contribution in [2.75, 3.05) is 0 Å². The average molecular weight is 134 g/mol. The van der Waals surface area contributed by atoms with Gasteiger partial charge in [-0.05, 0) is 61.2 Å². The molecule has 0 aliphatic heterocycles. The summed E-state index contributed by atoms with van der Waals surface area (Å²) in [7, 11) is 0. The predicted octanol–water partition coefficient (Wildman–Crippen LogP) is 2.44. The van der Waals surface area contributed by atoms with Crippen LogP contribution in [0.5, 0.6) is 0 Å². The third-order valence-corrected chi connectivity index (χ3v) is 5.36. The van der Waals surface area contributed by atoms with Crippen molar-refractivity contribution in [2.24, 2.45) is 29.1 Å². The van der Waals surface area contributed by atoms with Crippen molar-refractivity contribution in [1.82, 2.24) is 0 Å². The van der Waals surface area contributed by atoms with E-state index in [9.17, 15) is 0 Å². The molecular formula is C10H14. The van der Waals surface area contributed by atoms with Crippen molar-refractivity contribution in [3.05, 3.63) is 0 Å². The highest BCUT2D eigenvalue weighted by atomic mass is 14.8. The molecule has 0 radical (unpaired) electrons. The fourth-order valence-electron chi connectivity index (χ4n) is 4.95. The Hall–Kier alpha value is 0. The molecule has 0 heteroatoms. The minimum Gasteiger partial charge on any atom is -0.0496 e. The number of fused-ring (bicyclic) bond motifs is 1. The topological polar surface area (TPSA) is 0 Å². The third kappa shape index (κ3) is 0.245. The van der Waals surface area contributed by atoms with Gasteiger partial charge in [-0.1, -0.05) is 0 Å². The van der Waals surface area contributed by atoms with Gasteiger partial charge in [0.2, 0.25) is 0 Å². The highest BCUT2D eigenvalue weighted by Gasteiger charge is 2.75. The molecule has 0 saturated heterocycles. The number of hydrogen-bond donors (Lipinski definition) is 0. The molecule has 1 spiro atoms. The van der Waals surface area contributed by atoms with E-state index in [0.717, 1.165) is 5.41 Å². The van der Waals surface area contributed by atoms with E-state index in [1.165, 1.54) is 23.7 Å². The molecule has 0 amide bonds. The fraction of sp³-hybridized carbons (Fsp3) is 1.00. The molecular weight excluding hydrogens is 120 g/mol. The van der Waals surface area contributed by atoms with Gasteiger partial charge in [0.15, 0.2) is 0 Å². The highest BCUT2D eigenvalue weighted by molar-refractivity contribution is 5.23. The number of rotatable bonds is 0. The zero-order chi connectivity index (χ0) is 6.34. The maximum absolute atomic E-state index is 1.64. The van der Waals surface area contributed by atoms with Gasteiger partial charge in [-0.25, -0.2) is 0 Å². The molecule has 0 N–H and O–H groups in total. The molecule has 0 aromatic carbocycles. The van der Waals surface area contributed by atoms with Crippen molar-refractivity contribution in [3.8, 4) is 0 Å². The van der Waals surface area contributed by atoms with Crippen LogP contribution < -0.4 is 0 Å². The summed E-state index contributed by atoms with van der Waals surface area (Å²) >= 11 is 0. The van der Waals surface area contributed by atoms with Gasteiger partial charge in [0.05, 0.1) is 0 Å². The van der Waals surface area contributed by atoms with Gasteiger partial charge in [-0.15, -0.1) is 0 Å². The van der Waals surface area contributed by atoms with Crippen LogP contribution in [0.2, 0.25) is 0 Å². The second-order valence-corrected chi connectivity index (χ2v) is 5.10. The first kappa shape index (κ1) is 4.79. The first-order chi connectivity index (χ1) is 4.92. The summed E-state index contributed by atoms with van der Waals surface area (Å²) in [5.74, 6) is 4.99. The SMILES string of the molecule is C1CC23CCC2C2CC1C23. The van der Waals surface area contributed by atoms with Gasteiger partial charge in [0.1, 0.15) is 0 Å². The maximum Gasteiger partial charge on any atom is -0.0233 e. The number of hydrogen-bond acceptors (Lipinski definition) is 0. The van der Waals surface area contributed by atoms with Crippen LogP contribution >= 0.6 is 0 Å². The molecule has 4 aliphatic carbocycles. The molecule has 4 fully saturated rings. The second-order valence-electron chi connectivity index (χ2n) is 5.10. The molecule has 5 atom stereocenters. The minimum absolute atomic E-state index is 0.994. The maximum atomic E-state index is 1.64. The quantitative estimate of drug-likeness (QED) is 0.477. The second kappa shape index (κ2) is 1.09. The van der Waals surface area contributed by atoms with Gasteiger partial charge in [-0.3, -0.25) is 0 Å². The minimum atomic E-state index is 0.994. The third-order valence-electron chi connectivity index (χ3n) is 5.36. The van der Waals surface area contributed by atoms with Crippen LogP contribution in [0.3, 0.4) is 0 Å². The van der Waals surface area contributed by atoms with E-state index in [-0.39, 0.29) is 0 Å². The molecule has 4 rings (SSSR count). The van der Waals surface area contributed by atoms with E-state index in [1.54, 1.807) is 32.1 Å². The lowest BCUT2D eigenvalue weighted by molar-refractivity contribution is -0.247. The lowest BCUT2D eigenvalue weighted by Gasteiger charge is -2.73. The van der Waals surface area contributed by atoms with Crippen LogP contribution in [0.1, 0.15) is 32.1 Å². The van der Waals surface area contributed by atoms with Crippen LogP contribution in [0, 0.1) is 29.1 Å². The van der Waals surface area contributed by atoms with Gasteiger partial charge < -0.3 is 0 Å². The van der Waals surface area contributed by atoms with Crippen LogP contribution in [0.4, 0.5) is 0 Å². The Balaban J connectivity index is 1.86. The molecule has 10 heavy (non-hydrogen) atoms. The van der Waals surface area contributed by atoms with Crippen LogP contribution in [-0.4, -0.2) is 0 Å². The Bertz CT molecular complexity index is 206. The molecule has 4 saturated carbocycles. The smallest absolute Gasteiger partial charge is 0.0233 e. The fourth-order valence-corrected chi connectivity index (χ4v) is 4.95. The van der Waals surface area contributed by atoms with E-state index >= 15 is 0 Å². The van der Waals surface area contributed by atoms with Crippen molar-refractivity contribution in [3.63, 3.8) is 0 Å². The summed E-state index contributed by atoms with van der Waals surface area (Å²) < 4.78 is 0. The molecule has 5 unspecified atom stereocenters. The zero-order valence-electron chi connectivity index (χ0n) is 6.34. The van der Waals surface area contributed by atoms with E-state index in [1.807, 2.05) is 0 Å². The first-order valence-electron chi connectivity index (χ1n) is 4.92. The lowest BCUT2D eigenvalue weighted by Crippen LogP contribution is -2.66. The largest absolute Gasteiger partial charge is 0.0496 e. The predicted molar refractivity (Wildman–Crippen MR) is 39.5 cm³/mol. The monoisotopic (exact) mass is 134 g/mol. The first-order valence-corrected chi connectivity index (χ1v) is 4.92. The highest BCUT2D eigenvalue weighted by Crippen LogP contribution is 2.82. The van der Waals surface area contributed by atoms with Gasteiger partial charge in [0, 0.05) is 0 Å². The van der Waals surface area contributed by atoms with Gasteiger partial charge in [-0.2, -0.15) is 0 Å². The summed E-state index contributed by atoms with van der Waals surface area (Å²) in [6.45, 7) is 0. The van der Waals surface area contributed by atoms with Crippen molar-refractivity contribution in [2.45, 2.75) is 32.1 Å². The molecule has 0 aromatic heterocycles. The van der Waals surface area contributed by atoms with Crippen LogP contribution in [0.25, 0.3) is 0 Å². The summed E-state index contributed by atoms with van der Waals surface area (Å²) in [6.07, 6.45) is 8.10. The Morgan fingerprint density at radius 3 is 2.70 bits per heavy atom. The van der Waals surface area contributed by atoms with E-state index in [0.29, 0.717) is 0 Å². The Kier molecular flexibility index (Phi) is 0.522. The molecule has 54 valence electrons. The van der Waals surface area contributed by atoms with Gasteiger partial charge >= 0.3 is 0 Å². The summed E-state index contributed by atoms with van der Waals surface area (Å²) in [4.78, 5) is 0. The Labute approximate surface area is 62.0 Å². The zero-order valence-corrected chi connectivity index (χ0v) is 6.34. The van der Waals surface area contributed by atoms with Crippen LogP contribution in [0.15, 0.2) is 0 Å². The normalized spacial score (nSPS) is 74.4. The molecule has 0 nitrogen and oxygen atoms in total. The molecule has 4 aliphatic rings. The van der Waals surface area contributed by atoms with Gasteiger partial charge in [0.25, 0.3) is 0 Å². The lowest BCUT2D eigenvalue weighted by atomic mass is 9.32. The molecule has 0 aromatic rings. The van der Waals surface area contributed by atoms with E-state index in [4.69, 9.17) is 0 Å².